The number of amides is 1. The van der Waals surface area contributed by atoms with E-state index in [0.717, 1.165) is 29.2 Å². The van der Waals surface area contributed by atoms with Gasteiger partial charge in [-0.3, -0.25) is 4.79 Å². The highest BCUT2D eigenvalue weighted by Crippen LogP contribution is 2.30. The number of hydrogen-bond donors (Lipinski definition) is 2. The molecular weight excluding hydrogens is 386 g/mol. The zero-order valence-corrected chi connectivity index (χ0v) is 16.5. The average Bonchev–Trinajstić information content (AvgIpc) is 3.36. The number of rotatable bonds is 6. The molecule has 2 aromatic carbocycles. The second kappa shape index (κ2) is 8.38. The molecule has 1 saturated heterocycles. The van der Waals surface area contributed by atoms with Gasteiger partial charge in [0.05, 0.1) is 40.8 Å². The zero-order chi connectivity index (χ0) is 20.2. The number of nitrogens with zero attached hydrogens (tertiary/aromatic N) is 3. The van der Waals surface area contributed by atoms with Crippen LogP contribution in [-0.2, 0) is 17.8 Å². The van der Waals surface area contributed by atoms with Gasteiger partial charge in [-0.1, -0.05) is 41.9 Å². The SMILES string of the molecule is N#Cc1ccccc1Cc1ncc(CN(c2ccccc2Cl)C2CCNC2=O)[nH]1. The predicted molar refractivity (Wildman–Crippen MR) is 112 cm³/mol. The Bertz CT molecular complexity index is 1070. The van der Waals surface area contributed by atoms with E-state index in [9.17, 15) is 10.1 Å². The largest absolute Gasteiger partial charge is 0.354 e. The van der Waals surface area contributed by atoms with E-state index >= 15 is 0 Å². The molecule has 1 atom stereocenters. The summed E-state index contributed by atoms with van der Waals surface area (Å²) in [5.41, 5.74) is 3.27. The minimum Gasteiger partial charge on any atom is -0.354 e. The average molecular weight is 406 g/mol. The molecule has 1 unspecified atom stereocenters. The maximum absolute atomic E-state index is 12.4. The number of carbonyl (C=O) groups is 1. The quantitative estimate of drug-likeness (QED) is 0.658. The standard InChI is InChI=1S/C22H20ClN5O/c23-18-7-3-4-8-19(18)28(20-9-10-25-22(20)29)14-17-13-26-21(27-17)11-15-5-1-2-6-16(15)12-24/h1-8,13,20H,9-11,14H2,(H,25,29)(H,26,27). The minimum absolute atomic E-state index is 0.00704. The molecule has 1 fully saturated rings. The molecule has 146 valence electrons. The summed E-state index contributed by atoms with van der Waals surface area (Å²) in [5, 5.41) is 12.8. The van der Waals surface area contributed by atoms with E-state index in [2.05, 4.69) is 21.4 Å². The molecule has 1 aliphatic heterocycles. The first-order chi connectivity index (χ1) is 14.2. The topological polar surface area (TPSA) is 84.8 Å². The fourth-order valence-corrected chi connectivity index (χ4v) is 3.89. The molecule has 4 rings (SSSR count). The molecule has 0 radical (unpaired) electrons. The first kappa shape index (κ1) is 19.0. The fraction of sp³-hybridized carbons (Fsp3) is 0.227. The maximum atomic E-state index is 12.4. The van der Waals surface area contributed by atoms with Gasteiger partial charge in [-0.2, -0.15) is 5.26 Å². The molecule has 0 saturated carbocycles. The van der Waals surface area contributed by atoms with Crippen molar-refractivity contribution in [1.82, 2.24) is 15.3 Å². The van der Waals surface area contributed by atoms with Crippen molar-refractivity contribution in [3.05, 3.63) is 82.4 Å². The Hall–Kier alpha value is -3.30. The number of H-pyrrole nitrogens is 1. The molecule has 0 bridgehead atoms. The van der Waals surface area contributed by atoms with Crippen molar-refractivity contribution in [3.8, 4) is 6.07 Å². The highest BCUT2D eigenvalue weighted by Gasteiger charge is 2.31. The number of carbonyl (C=O) groups excluding carboxylic acids is 1. The van der Waals surface area contributed by atoms with Gasteiger partial charge in [-0.25, -0.2) is 4.98 Å². The highest BCUT2D eigenvalue weighted by atomic mass is 35.5. The molecule has 3 aromatic rings. The summed E-state index contributed by atoms with van der Waals surface area (Å²) >= 11 is 6.43. The first-order valence-corrected chi connectivity index (χ1v) is 9.83. The third-order valence-electron chi connectivity index (χ3n) is 5.08. The fourth-order valence-electron chi connectivity index (χ4n) is 3.65. The smallest absolute Gasteiger partial charge is 0.242 e. The summed E-state index contributed by atoms with van der Waals surface area (Å²) in [5.74, 6) is 0.783. The molecule has 6 nitrogen and oxygen atoms in total. The molecule has 29 heavy (non-hydrogen) atoms. The summed E-state index contributed by atoms with van der Waals surface area (Å²) in [6, 6.07) is 17.0. The number of nitrogens with one attached hydrogen (secondary N) is 2. The van der Waals surface area contributed by atoms with E-state index in [1.807, 2.05) is 47.4 Å². The molecule has 7 heteroatoms. The second-order valence-electron chi connectivity index (χ2n) is 6.98. The minimum atomic E-state index is -0.277. The van der Waals surface area contributed by atoms with Crippen molar-refractivity contribution >= 4 is 23.2 Å². The van der Waals surface area contributed by atoms with Gasteiger partial charge >= 0.3 is 0 Å². The molecule has 0 aliphatic carbocycles. The van der Waals surface area contributed by atoms with Gasteiger partial charge in [0.2, 0.25) is 5.91 Å². The van der Waals surface area contributed by atoms with E-state index in [4.69, 9.17) is 11.6 Å². The van der Waals surface area contributed by atoms with Crippen molar-refractivity contribution in [2.75, 3.05) is 11.4 Å². The van der Waals surface area contributed by atoms with Gasteiger partial charge in [0.15, 0.2) is 0 Å². The molecule has 0 spiro atoms. The summed E-state index contributed by atoms with van der Waals surface area (Å²) in [7, 11) is 0. The molecule has 1 aromatic heterocycles. The zero-order valence-electron chi connectivity index (χ0n) is 15.7. The Labute approximate surface area is 174 Å². The van der Waals surface area contributed by atoms with Gasteiger partial charge in [-0.05, 0) is 30.2 Å². The number of nitriles is 1. The lowest BCUT2D eigenvalue weighted by Crippen LogP contribution is -2.40. The number of para-hydroxylation sites is 1. The Balaban J connectivity index is 1.58. The van der Waals surface area contributed by atoms with E-state index in [1.165, 1.54) is 0 Å². The van der Waals surface area contributed by atoms with Crippen LogP contribution in [0.25, 0.3) is 0 Å². The number of halogens is 1. The number of aromatic amines is 1. The summed E-state index contributed by atoms with van der Waals surface area (Å²) in [6.07, 6.45) is 3.04. The van der Waals surface area contributed by atoms with Crippen molar-refractivity contribution in [2.24, 2.45) is 0 Å². The van der Waals surface area contributed by atoms with Crippen LogP contribution in [-0.4, -0.2) is 28.5 Å². The highest BCUT2D eigenvalue weighted by molar-refractivity contribution is 6.33. The third kappa shape index (κ3) is 4.10. The summed E-state index contributed by atoms with van der Waals surface area (Å²) in [6.45, 7) is 1.14. The lowest BCUT2D eigenvalue weighted by atomic mass is 10.1. The van der Waals surface area contributed by atoms with Crippen LogP contribution in [0.5, 0.6) is 0 Å². The van der Waals surface area contributed by atoms with Crippen LogP contribution in [0.15, 0.2) is 54.7 Å². The molecule has 2 N–H and O–H groups in total. The van der Waals surface area contributed by atoms with Gasteiger partial charge in [0.25, 0.3) is 0 Å². The van der Waals surface area contributed by atoms with Crippen molar-refractivity contribution < 1.29 is 4.79 Å². The van der Waals surface area contributed by atoms with Crippen LogP contribution in [0.2, 0.25) is 5.02 Å². The van der Waals surface area contributed by atoms with E-state index < -0.39 is 0 Å². The maximum Gasteiger partial charge on any atom is 0.242 e. The monoisotopic (exact) mass is 405 g/mol. The van der Waals surface area contributed by atoms with E-state index in [0.29, 0.717) is 30.1 Å². The molecular formula is C22H20ClN5O. The van der Waals surface area contributed by atoms with Crippen LogP contribution >= 0.6 is 11.6 Å². The van der Waals surface area contributed by atoms with Crippen molar-refractivity contribution in [1.29, 1.82) is 5.26 Å². The van der Waals surface area contributed by atoms with Crippen LogP contribution in [0, 0.1) is 11.3 Å². The first-order valence-electron chi connectivity index (χ1n) is 9.45. The summed E-state index contributed by atoms with van der Waals surface area (Å²) < 4.78 is 0. The van der Waals surface area contributed by atoms with Gasteiger partial charge in [0.1, 0.15) is 11.9 Å². The van der Waals surface area contributed by atoms with Gasteiger partial charge in [0, 0.05) is 13.0 Å². The second-order valence-corrected chi connectivity index (χ2v) is 7.38. The molecule has 1 amide bonds. The summed E-state index contributed by atoms with van der Waals surface area (Å²) in [4.78, 5) is 22.2. The lowest BCUT2D eigenvalue weighted by molar-refractivity contribution is -0.120. The number of imidazole rings is 1. The molecule has 2 heterocycles. The van der Waals surface area contributed by atoms with E-state index in [1.54, 1.807) is 12.3 Å². The van der Waals surface area contributed by atoms with Crippen molar-refractivity contribution in [3.63, 3.8) is 0 Å². The van der Waals surface area contributed by atoms with Crippen LogP contribution in [0.1, 0.15) is 29.1 Å². The van der Waals surface area contributed by atoms with Crippen LogP contribution < -0.4 is 10.2 Å². The van der Waals surface area contributed by atoms with Crippen molar-refractivity contribution in [2.45, 2.75) is 25.4 Å². The Morgan fingerprint density at radius 1 is 1.21 bits per heavy atom. The Morgan fingerprint density at radius 2 is 2.00 bits per heavy atom. The Kier molecular flexibility index (Phi) is 5.50. The normalized spacial score (nSPS) is 15.7. The lowest BCUT2D eigenvalue weighted by Gasteiger charge is -2.29. The number of hydrogen-bond acceptors (Lipinski definition) is 4. The predicted octanol–water partition coefficient (Wildman–Crippen LogP) is 3.42. The van der Waals surface area contributed by atoms with Gasteiger partial charge in [-0.15, -0.1) is 0 Å². The van der Waals surface area contributed by atoms with Crippen LogP contribution in [0.4, 0.5) is 5.69 Å². The Morgan fingerprint density at radius 3 is 2.76 bits per heavy atom. The van der Waals surface area contributed by atoms with E-state index in [-0.39, 0.29) is 11.9 Å². The number of anilines is 1. The molecule has 1 aliphatic rings. The number of benzene rings is 2. The third-order valence-corrected chi connectivity index (χ3v) is 5.39. The number of aromatic nitrogens is 2. The van der Waals surface area contributed by atoms with Crippen LogP contribution in [0.3, 0.4) is 0 Å². The van der Waals surface area contributed by atoms with Gasteiger partial charge < -0.3 is 15.2 Å².